The summed E-state index contributed by atoms with van der Waals surface area (Å²) in [7, 11) is 0. The molecular weight excluding hydrogens is 214 g/mol. The highest BCUT2D eigenvalue weighted by Crippen LogP contribution is 2.20. The summed E-state index contributed by atoms with van der Waals surface area (Å²) in [5.74, 6) is -0.594. The van der Waals surface area contributed by atoms with Crippen molar-refractivity contribution in [2.75, 3.05) is 0 Å². The van der Waals surface area contributed by atoms with Crippen LogP contribution in [0.15, 0.2) is 12.1 Å². The molecule has 0 spiro atoms. The molecule has 1 saturated carbocycles. The Morgan fingerprint density at radius 2 is 2.25 bits per heavy atom. The fraction of sp³-hybridized carbons (Fsp3) is 0.444. The third-order valence-electron chi connectivity index (χ3n) is 2.56. The van der Waals surface area contributed by atoms with Crippen LogP contribution in [0.5, 0.6) is 0 Å². The summed E-state index contributed by atoms with van der Waals surface area (Å²) < 4.78 is 0. The average Bonchev–Trinajstić information content (AvgIpc) is 2.63. The molecule has 1 heterocycles. The molecular formula is C9H11N3O4. The molecule has 2 rings (SSSR count). The van der Waals surface area contributed by atoms with Gasteiger partial charge in [0.15, 0.2) is 5.69 Å². The highest BCUT2D eigenvalue weighted by Gasteiger charge is 2.29. The van der Waals surface area contributed by atoms with Gasteiger partial charge in [0.25, 0.3) is 5.91 Å². The van der Waals surface area contributed by atoms with Crippen LogP contribution in [-0.4, -0.2) is 33.1 Å². The lowest BCUT2D eigenvalue weighted by Gasteiger charge is -2.31. The number of rotatable bonds is 3. The van der Waals surface area contributed by atoms with Crippen LogP contribution in [-0.2, 0) is 0 Å². The molecule has 86 valence electrons. The number of nitrogens with one attached hydrogen (secondary N) is 2. The Morgan fingerprint density at radius 1 is 1.56 bits per heavy atom. The molecule has 1 aromatic rings. The van der Waals surface area contributed by atoms with Crippen LogP contribution in [0.25, 0.3) is 0 Å². The molecule has 1 aliphatic rings. The highest BCUT2D eigenvalue weighted by molar-refractivity contribution is 5.93. The van der Waals surface area contributed by atoms with Crippen molar-refractivity contribution in [2.45, 2.75) is 25.0 Å². The van der Waals surface area contributed by atoms with E-state index in [0.717, 1.165) is 0 Å². The predicted octanol–water partition coefficient (Wildman–Crippen LogP) is 0.176. The van der Waals surface area contributed by atoms with Crippen molar-refractivity contribution in [1.29, 1.82) is 0 Å². The molecule has 0 radical (unpaired) electrons. The summed E-state index contributed by atoms with van der Waals surface area (Å²) in [6.07, 6.45) is 0.728. The standard InChI is InChI=1S/C9H11N3O4/c13-6-3-5(4-6)10-9(14)7-1-2-8(11-7)12(15)16/h1-2,5-6,11,13H,3-4H2,(H,10,14). The number of H-pyrrole nitrogens is 1. The smallest absolute Gasteiger partial charge is 0.321 e. The minimum Gasteiger partial charge on any atom is -0.393 e. The molecule has 0 atom stereocenters. The molecule has 1 fully saturated rings. The number of carbonyl (C=O) groups excluding carboxylic acids is 1. The van der Waals surface area contributed by atoms with E-state index in [1.165, 1.54) is 12.1 Å². The summed E-state index contributed by atoms with van der Waals surface area (Å²) >= 11 is 0. The van der Waals surface area contributed by atoms with Gasteiger partial charge in [-0.05, 0) is 23.8 Å². The van der Waals surface area contributed by atoms with Gasteiger partial charge in [0.1, 0.15) is 0 Å². The third kappa shape index (κ3) is 2.03. The van der Waals surface area contributed by atoms with Crippen LogP contribution >= 0.6 is 0 Å². The van der Waals surface area contributed by atoms with E-state index in [4.69, 9.17) is 5.11 Å². The Labute approximate surface area is 90.6 Å². The van der Waals surface area contributed by atoms with E-state index >= 15 is 0 Å². The number of hydrogen-bond donors (Lipinski definition) is 3. The number of carbonyl (C=O) groups is 1. The van der Waals surface area contributed by atoms with Crippen LogP contribution in [0.1, 0.15) is 23.3 Å². The van der Waals surface area contributed by atoms with Crippen LogP contribution in [0.2, 0.25) is 0 Å². The summed E-state index contributed by atoms with van der Waals surface area (Å²) in [6, 6.07) is 2.57. The van der Waals surface area contributed by atoms with Gasteiger partial charge in [0.05, 0.1) is 6.10 Å². The molecule has 16 heavy (non-hydrogen) atoms. The van der Waals surface area contributed by atoms with Crippen molar-refractivity contribution >= 4 is 11.7 Å². The van der Waals surface area contributed by atoms with E-state index in [0.29, 0.717) is 12.8 Å². The molecule has 7 nitrogen and oxygen atoms in total. The maximum atomic E-state index is 11.5. The molecule has 0 bridgehead atoms. The Balaban J connectivity index is 1.95. The second-order valence-electron chi connectivity index (χ2n) is 3.81. The molecule has 1 amide bonds. The van der Waals surface area contributed by atoms with E-state index in [2.05, 4.69) is 10.3 Å². The number of nitrogens with zero attached hydrogens (tertiary/aromatic N) is 1. The van der Waals surface area contributed by atoms with Gasteiger partial charge in [-0.3, -0.25) is 4.79 Å². The second-order valence-corrected chi connectivity index (χ2v) is 3.81. The molecule has 1 aromatic heterocycles. The van der Waals surface area contributed by atoms with E-state index in [1.807, 2.05) is 0 Å². The van der Waals surface area contributed by atoms with Crippen molar-refractivity contribution in [2.24, 2.45) is 0 Å². The fourth-order valence-electron chi connectivity index (χ4n) is 1.59. The first-order valence-corrected chi connectivity index (χ1v) is 4.88. The Bertz CT molecular complexity index is 422. The number of aliphatic hydroxyl groups excluding tert-OH is 1. The van der Waals surface area contributed by atoms with Crippen molar-refractivity contribution in [3.05, 3.63) is 27.9 Å². The first kappa shape index (κ1) is 10.6. The van der Waals surface area contributed by atoms with E-state index in [1.54, 1.807) is 0 Å². The number of aromatic nitrogens is 1. The largest absolute Gasteiger partial charge is 0.393 e. The zero-order valence-corrected chi connectivity index (χ0v) is 8.34. The van der Waals surface area contributed by atoms with E-state index in [9.17, 15) is 14.9 Å². The molecule has 0 aliphatic heterocycles. The molecule has 0 saturated heterocycles. The summed E-state index contributed by atoms with van der Waals surface area (Å²) in [6.45, 7) is 0. The first-order chi connectivity index (χ1) is 7.56. The summed E-state index contributed by atoms with van der Waals surface area (Å²) in [5, 5.41) is 22.1. The Morgan fingerprint density at radius 3 is 2.75 bits per heavy atom. The van der Waals surface area contributed by atoms with Crippen LogP contribution in [0.4, 0.5) is 5.82 Å². The normalized spacial score (nSPS) is 23.6. The van der Waals surface area contributed by atoms with Crippen molar-refractivity contribution in [1.82, 2.24) is 10.3 Å². The average molecular weight is 225 g/mol. The first-order valence-electron chi connectivity index (χ1n) is 4.88. The summed E-state index contributed by atoms with van der Waals surface area (Å²) in [5.41, 5.74) is 0.160. The van der Waals surface area contributed by atoms with Gasteiger partial charge in [-0.2, -0.15) is 0 Å². The topological polar surface area (TPSA) is 108 Å². The van der Waals surface area contributed by atoms with Crippen molar-refractivity contribution < 1.29 is 14.8 Å². The lowest BCUT2D eigenvalue weighted by Crippen LogP contribution is -2.46. The highest BCUT2D eigenvalue weighted by atomic mass is 16.6. The monoisotopic (exact) mass is 225 g/mol. The SMILES string of the molecule is O=C(NC1CC(O)C1)c1ccc([N+](=O)[O-])[nH]1. The van der Waals surface area contributed by atoms with Crippen LogP contribution in [0, 0.1) is 10.1 Å². The van der Waals surface area contributed by atoms with Gasteiger partial charge in [-0.1, -0.05) is 0 Å². The Kier molecular flexibility index (Phi) is 2.61. The second kappa shape index (κ2) is 3.93. The minimum absolute atomic E-state index is 0.0372. The van der Waals surface area contributed by atoms with Gasteiger partial charge in [0.2, 0.25) is 0 Å². The number of amides is 1. The number of aromatic amines is 1. The van der Waals surface area contributed by atoms with Gasteiger partial charge < -0.3 is 20.5 Å². The molecule has 1 aliphatic carbocycles. The minimum atomic E-state index is -0.593. The third-order valence-corrected chi connectivity index (χ3v) is 2.56. The maximum absolute atomic E-state index is 11.5. The fourth-order valence-corrected chi connectivity index (χ4v) is 1.59. The van der Waals surface area contributed by atoms with Gasteiger partial charge >= 0.3 is 5.82 Å². The van der Waals surface area contributed by atoms with Crippen LogP contribution < -0.4 is 5.32 Å². The van der Waals surface area contributed by atoms with Crippen molar-refractivity contribution in [3.8, 4) is 0 Å². The van der Waals surface area contributed by atoms with Crippen LogP contribution in [0.3, 0.4) is 0 Å². The molecule has 7 heteroatoms. The lowest BCUT2D eigenvalue weighted by atomic mass is 9.89. The van der Waals surface area contributed by atoms with E-state index in [-0.39, 0.29) is 29.6 Å². The zero-order valence-electron chi connectivity index (χ0n) is 8.34. The van der Waals surface area contributed by atoms with Gasteiger partial charge in [0, 0.05) is 12.1 Å². The maximum Gasteiger partial charge on any atom is 0.321 e. The zero-order chi connectivity index (χ0) is 11.7. The quantitative estimate of drug-likeness (QED) is 0.503. The van der Waals surface area contributed by atoms with Gasteiger partial charge in [-0.15, -0.1) is 0 Å². The molecule has 0 aromatic carbocycles. The Hall–Kier alpha value is -1.89. The summed E-state index contributed by atoms with van der Waals surface area (Å²) in [4.78, 5) is 23.7. The van der Waals surface area contributed by atoms with Gasteiger partial charge in [-0.25, -0.2) is 4.98 Å². The van der Waals surface area contributed by atoms with E-state index < -0.39 is 4.92 Å². The molecule has 0 unspecified atom stereocenters. The molecule has 3 N–H and O–H groups in total. The van der Waals surface area contributed by atoms with Crippen molar-refractivity contribution in [3.63, 3.8) is 0 Å². The lowest BCUT2D eigenvalue weighted by molar-refractivity contribution is -0.389. The number of hydrogen-bond acceptors (Lipinski definition) is 4. The number of aliphatic hydroxyl groups is 1. The number of nitro groups is 1. The predicted molar refractivity (Wildman–Crippen MR) is 53.9 cm³/mol.